The van der Waals surface area contributed by atoms with Crippen molar-refractivity contribution in [3.63, 3.8) is 0 Å². The van der Waals surface area contributed by atoms with Crippen LogP contribution in [0.5, 0.6) is 0 Å². The van der Waals surface area contributed by atoms with Crippen molar-refractivity contribution in [2.75, 3.05) is 23.3 Å². The van der Waals surface area contributed by atoms with Crippen molar-refractivity contribution in [2.45, 2.75) is 31.3 Å². The normalized spacial score (nSPS) is 19.8. The summed E-state index contributed by atoms with van der Waals surface area (Å²) in [6.07, 6.45) is 0.846. The number of rotatable bonds is 6. The smallest absolute Gasteiger partial charge is 0.329 e. The third-order valence-corrected chi connectivity index (χ3v) is 5.98. The van der Waals surface area contributed by atoms with Crippen molar-refractivity contribution >= 4 is 46.9 Å². The lowest BCUT2D eigenvalue weighted by Crippen LogP contribution is -2.41. The van der Waals surface area contributed by atoms with Crippen LogP contribution in [0.25, 0.3) is 0 Å². The average Bonchev–Trinajstić information content (AvgIpc) is 3.38. The number of amides is 6. The first-order valence-corrected chi connectivity index (χ1v) is 11.2. The number of halogens is 2. The molecule has 2 aliphatic heterocycles. The van der Waals surface area contributed by atoms with E-state index in [9.17, 15) is 23.6 Å². The number of anilines is 2. The molecule has 0 bridgehead atoms. The Balaban J connectivity index is 1.23. The lowest BCUT2D eigenvalue weighted by molar-refractivity contribution is -0.130. The minimum absolute atomic E-state index is 0.0830. The molecule has 3 N–H and O–H groups in total. The van der Waals surface area contributed by atoms with E-state index >= 15 is 0 Å². The Bertz CT molecular complexity index is 1100. The number of carbonyl (C=O) groups is 4. The van der Waals surface area contributed by atoms with Crippen LogP contribution in [0, 0.1) is 5.82 Å². The van der Waals surface area contributed by atoms with Gasteiger partial charge in [0, 0.05) is 36.3 Å². The van der Waals surface area contributed by atoms with Gasteiger partial charge in [-0.2, -0.15) is 0 Å². The molecule has 2 fully saturated rings. The van der Waals surface area contributed by atoms with Gasteiger partial charge in [0.1, 0.15) is 11.9 Å². The number of nitrogens with zero attached hydrogens (tertiary/aromatic N) is 2. The molecule has 2 heterocycles. The van der Waals surface area contributed by atoms with Gasteiger partial charge in [-0.25, -0.2) is 18.9 Å². The Hall–Kier alpha value is -3.66. The predicted molar refractivity (Wildman–Crippen MR) is 124 cm³/mol. The van der Waals surface area contributed by atoms with Crippen LogP contribution in [0.15, 0.2) is 48.5 Å². The maximum absolute atomic E-state index is 13.0. The third kappa shape index (κ3) is 5.45. The highest BCUT2D eigenvalue weighted by atomic mass is 35.5. The first-order valence-electron chi connectivity index (χ1n) is 10.8. The molecule has 0 saturated carbocycles. The lowest BCUT2D eigenvalue weighted by atomic mass is 10.1. The fraction of sp³-hybridized carbons (Fsp3) is 0.304. The van der Waals surface area contributed by atoms with E-state index in [0.717, 1.165) is 4.90 Å². The largest absolute Gasteiger partial charge is 0.341 e. The van der Waals surface area contributed by atoms with E-state index in [1.54, 1.807) is 29.2 Å². The minimum Gasteiger partial charge on any atom is -0.341 e. The van der Waals surface area contributed by atoms with Gasteiger partial charge in [-0.05, 0) is 61.4 Å². The lowest BCUT2D eigenvalue weighted by Gasteiger charge is -2.18. The molecule has 9 nitrogen and oxygen atoms in total. The fourth-order valence-electron chi connectivity index (χ4n) is 3.98. The molecule has 2 aromatic carbocycles. The van der Waals surface area contributed by atoms with Crippen molar-refractivity contribution in [2.24, 2.45) is 0 Å². The van der Waals surface area contributed by atoms with Gasteiger partial charge in [-0.1, -0.05) is 11.6 Å². The van der Waals surface area contributed by atoms with Gasteiger partial charge >= 0.3 is 12.1 Å². The molecule has 2 aromatic rings. The molecule has 0 unspecified atom stereocenters. The van der Waals surface area contributed by atoms with Gasteiger partial charge in [-0.15, -0.1) is 0 Å². The van der Waals surface area contributed by atoms with E-state index in [1.807, 2.05) is 0 Å². The molecule has 2 saturated heterocycles. The van der Waals surface area contributed by atoms with Gasteiger partial charge in [0.15, 0.2) is 0 Å². The first-order chi connectivity index (χ1) is 16.3. The molecule has 0 radical (unpaired) electrons. The molecular weight excluding hydrogens is 465 g/mol. The zero-order valence-corrected chi connectivity index (χ0v) is 18.8. The summed E-state index contributed by atoms with van der Waals surface area (Å²) in [6.45, 7) is 0.819. The maximum atomic E-state index is 13.0. The van der Waals surface area contributed by atoms with E-state index < -0.39 is 29.8 Å². The first kappa shape index (κ1) is 23.5. The van der Waals surface area contributed by atoms with Crippen LogP contribution >= 0.6 is 11.6 Å². The number of likely N-dealkylation sites (tertiary alicyclic amines) is 1. The van der Waals surface area contributed by atoms with E-state index in [-0.39, 0.29) is 24.8 Å². The molecule has 178 valence electrons. The van der Waals surface area contributed by atoms with Crippen molar-refractivity contribution in [1.82, 2.24) is 15.5 Å². The number of carbonyl (C=O) groups excluding carboxylic acids is 4. The van der Waals surface area contributed by atoms with E-state index in [2.05, 4.69) is 16.0 Å². The highest BCUT2D eigenvalue weighted by Crippen LogP contribution is 2.23. The Labute approximate surface area is 200 Å². The zero-order valence-electron chi connectivity index (χ0n) is 18.1. The van der Waals surface area contributed by atoms with Crippen molar-refractivity contribution in [3.8, 4) is 0 Å². The number of urea groups is 2. The van der Waals surface area contributed by atoms with Crippen molar-refractivity contribution in [3.05, 3.63) is 59.4 Å². The molecule has 6 amide bonds. The van der Waals surface area contributed by atoms with Crippen LogP contribution in [0.2, 0.25) is 5.02 Å². The van der Waals surface area contributed by atoms with Crippen molar-refractivity contribution < 1.29 is 23.6 Å². The SMILES string of the molecule is O=C(Nc1ccc(F)cc1)N[C@@H]1CCN(C(=O)CC[C@H]2NC(=O)N(c3ccc(Cl)cc3)C2=O)C1. The molecule has 0 aliphatic carbocycles. The maximum Gasteiger partial charge on any atom is 0.329 e. The highest BCUT2D eigenvalue weighted by molar-refractivity contribution is 6.30. The zero-order chi connectivity index (χ0) is 24.2. The number of imide groups is 1. The van der Waals surface area contributed by atoms with Crippen LogP contribution in [0.3, 0.4) is 0 Å². The summed E-state index contributed by atoms with van der Waals surface area (Å²) in [7, 11) is 0. The van der Waals surface area contributed by atoms with Crippen LogP contribution in [-0.4, -0.2) is 53.9 Å². The predicted octanol–water partition coefficient (Wildman–Crippen LogP) is 3.11. The minimum atomic E-state index is -0.787. The summed E-state index contributed by atoms with van der Waals surface area (Å²) < 4.78 is 13.0. The number of hydrogen-bond donors (Lipinski definition) is 3. The molecule has 4 rings (SSSR count). The van der Waals surface area contributed by atoms with Gasteiger partial charge in [0.25, 0.3) is 5.91 Å². The topological polar surface area (TPSA) is 111 Å². The van der Waals surface area contributed by atoms with Crippen molar-refractivity contribution in [1.29, 1.82) is 0 Å². The van der Waals surface area contributed by atoms with Gasteiger partial charge < -0.3 is 20.9 Å². The summed E-state index contributed by atoms with van der Waals surface area (Å²) in [5, 5.41) is 8.53. The monoisotopic (exact) mass is 487 g/mol. The van der Waals surface area contributed by atoms with Crippen LogP contribution < -0.4 is 20.9 Å². The third-order valence-electron chi connectivity index (χ3n) is 5.73. The Morgan fingerprint density at radius 1 is 1.09 bits per heavy atom. The summed E-state index contributed by atoms with van der Waals surface area (Å²) in [6, 6.07) is 9.76. The second-order valence-corrected chi connectivity index (χ2v) is 8.56. The molecule has 34 heavy (non-hydrogen) atoms. The van der Waals surface area contributed by atoms with Gasteiger partial charge in [0.05, 0.1) is 5.69 Å². The number of benzene rings is 2. The summed E-state index contributed by atoms with van der Waals surface area (Å²) in [4.78, 5) is 52.4. The van der Waals surface area contributed by atoms with Crippen LogP contribution in [0.4, 0.5) is 25.4 Å². The molecule has 0 spiro atoms. The molecule has 0 aromatic heterocycles. The Morgan fingerprint density at radius 2 is 1.79 bits per heavy atom. The Morgan fingerprint density at radius 3 is 2.50 bits per heavy atom. The van der Waals surface area contributed by atoms with Crippen LogP contribution in [-0.2, 0) is 9.59 Å². The molecule has 11 heteroatoms. The van der Waals surface area contributed by atoms with E-state index in [4.69, 9.17) is 11.6 Å². The molecule has 2 atom stereocenters. The van der Waals surface area contributed by atoms with Gasteiger partial charge in [0.2, 0.25) is 5.91 Å². The summed E-state index contributed by atoms with van der Waals surface area (Å²) in [5.41, 5.74) is 0.869. The van der Waals surface area contributed by atoms with Gasteiger partial charge in [-0.3, -0.25) is 9.59 Å². The fourth-order valence-corrected chi connectivity index (χ4v) is 4.10. The van der Waals surface area contributed by atoms with E-state index in [1.165, 1.54) is 24.3 Å². The van der Waals surface area contributed by atoms with E-state index in [0.29, 0.717) is 35.9 Å². The molecule has 2 aliphatic rings. The highest BCUT2D eigenvalue weighted by Gasteiger charge is 2.39. The molecular formula is C23H23ClFN5O4. The quantitative estimate of drug-likeness (QED) is 0.544. The number of nitrogens with one attached hydrogen (secondary N) is 3. The second kappa shape index (κ2) is 10.1. The standard InChI is InChI=1S/C23H23ClFN5O4/c24-14-1-7-18(8-2-14)30-21(32)19(28-23(30)34)9-10-20(31)29-12-11-17(13-29)27-22(33)26-16-5-3-15(25)4-6-16/h1-8,17,19H,9-13H2,(H,28,34)(H2,26,27,33)/t17-,19-/m1/s1. The second-order valence-electron chi connectivity index (χ2n) is 8.12. The summed E-state index contributed by atoms with van der Waals surface area (Å²) >= 11 is 5.86. The van der Waals surface area contributed by atoms with Crippen LogP contribution in [0.1, 0.15) is 19.3 Å². The average molecular weight is 488 g/mol. The Kier molecular flexibility index (Phi) is 6.97. The summed E-state index contributed by atoms with van der Waals surface area (Å²) in [5.74, 6) is -0.971. The number of hydrogen-bond acceptors (Lipinski definition) is 4.